The Kier molecular flexibility index (Phi) is 12.8. The average molecular weight is 640 g/mol. The predicted molar refractivity (Wildman–Crippen MR) is 182 cm³/mol. The second kappa shape index (κ2) is 17.2. The third kappa shape index (κ3) is 11.5. The lowest BCUT2D eigenvalue weighted by Crippen LogP contribution is -2.39. The minimum absolute atomic E-state index is 0.100. The maximum absolute atomic E-state index is 12.8. The Bertz CT molecular complexity index is 1510. The van der Waals surface area contributed by atoms with E-state index in [0.717, 1.165) is 56.8 Å². The third-order valence-corrected chi connectivity index (χ3v) is 7.60. The van der Waals surface area contributed by atoms with Gasteiger partial charge in [0.25, 0.3) is 5.91 Å². The molecule has 248 valence electrons. The lowest BCUT2D eigenvalue weighted by Gasteiger charge is -2.26. The summed E-state index contributed by atoms with van der Waals surface area (Å²) in [4.78, 5) is 42.1. The quantitative estimate of drug-likeness (QED) is 0.140. The normalized spacial score (nSPS) is 13.6. The van der Waals surface area contributed by atoms with Gasteiger partial charge in [-0.3, -0.25) is 9.59 Å². The number of terminal acetylenes is 1. The van der Waals surface area contributed by atoms with Crippen molar-refractivity contribution in [1.82, 2.24) is 15.1 Å². The minimum Gasteiger partial charge on any atom is -0.494 e. The van der Waals surface area contributed by atoms with Crippen molar-refractivity contribution in [3.63, 3.8) is 0 Å². The number of ether oxygens (including phenoxy) is 3. The van der Waals surface area contributed by atoms with Crippen molar-refractivity contribution in [2.45, 2.75) is 52.2 Å². The predicted octanol–water partition coefficient (Wildman–Crippen LogP) is 5.96. The van der Waals surface area contributed by atoms with Crippen molar-refractivity contribution >= 4 is 17.8 Å². The van der Waals surface area contributed by atoms with Gasteiger partial charge in [0, 0.05) is 42.9 Å². The summed E-state index contributed by atoms with van der Waals surface area (Å²) in [5.74, 6) is 3.45. The summed E-state index contributed by atoms with van der Waals surface area (Å²) in [5, 5.41) is 2.93. The zero-order valence-corrected chi connectivity index (χ0v) is 27.6. The summed E-state index contributed by atoms with van der Waals surface area (Å²) in [6, 6.07) is 21.2. The van der Waals surface area contributed by atoms with Crippen LogP contribution in [0.2, 0.25) is 0 Å². The average Bonchev–Trinajstić information content (AvgIpc) is 3.32. The van der Waals surface area contributed by atoms with Crippen LogP contribution < -0.4 is 14.8 Å². The SMILES string of the molecule is C#CCOc1ccc(C(=O)c2ccc(CNC(=O)c3ccc(OCCCCN4CCCN(C(=O)OC(C)(C)C)CC4)cc3)cc2)cc1. The Morgan fingerprint density at radius 1 is 0.787 bits per heavy atom. The van der Waals surface area contributed by atoms with Gasteiger partial charge in [-0.1, -0.05) is 30.2 Å². The second-order valence-electron chi connectivity index (χ2n) is 12.5. The molecule has 1 aliphatic rings. The molecule has 1 N–H and O–H groups in total. The van der Waals surface area contributed by atoms with Gasteiger partial charge in [-0.25, -0.2) is 4.79 Å². The second-order valence-corrected chi connectivity index (χ2v) is 12.5. The molecule has 0 atom stereocenters. The smallest absolute Gasteiger partial charge is 0.410 e. The molecule has 0 aliphatic carbocycles. The Morgan fingerprint density at radius 3 is 2.04 bits per heavy atom. The summed E-state index contributed by atoms with van der Waals surface area (Å²) < 4.78 is 16.8. The highest BCUT2D eigenvalue weighted by Gasteiger charge is 2.24. The number of hydrogen-bond acceptors (Lipinski definition) is 7. The first-order valence-electron chi connectivity index (χ1n) is 16.1. The molecule has 2 amide bonds. The molecule has 0 bridgehead atoms. The molecule has 3 aromatic carbocycles. The van der Waals surface area contributed by atoms with Crippen molar-refractivity contribution in [1.29, 1.82) is 0 Å². The van der Waals surface area contributed by atoms with Crippen LogP contribution >= 0.6 is 0 Å². The zero-order chi connectivity index (χ0) is 33.6. The molecule has 9 heteroatoms. The van der Waals surface area contributed by atoms with E-state index in [4.69, 9.17) is 20.6 Å². The molecule has 1 saturated heterocycles. The first-order chi connectivity index (χ1) is 22.6. The van der Waals surface area contributed by atoms with Gasteiger partial charge >= 0.3 is 6.09 Å². The van der Waals surface area contributed by atoms with E-state index >= 15 is 0 Å². The van der Waals surface area contributed by atoms with Gasteiger partial charge in [0.1, 0.15) is 23.7 Å². The van der Waals surface area contributed by atoms with E-state index in [1.807, 2.05) is 49.9 Å². The van der Waals surface area contributed by atoms with Gasteiger partial charge in [0.2, 0.25) is 0 Å². The Labute approximate surface area is 278 Å². The van der Waals surface area contributed by atoms with Crippen LogP contribution in [0, 0.1) is 12.3 Å². The molecule has 1 aliphatic heterocycles. The summed E-state index contributed by atoms with van der Waals surface area (Å²) in [6.07, 6.45) is 7.82. The molecule has 47 heavy (non-hydrogen) atoms. The fraction of sp³-hybridized carbons (Fsp3) is 0.395. The number of hydrogen-bond donors (Lipinski definition) is 1. The Morgan fingerprint density at radius 2 is 1.40 bits per heavy atom. The van der Waals surface area contributed by atoms with Gasteiger partial charge in [0.05, 0.1) is 6.61 Å². The first kappa shape index (κ1) is 35.1. The Balaban J connectivity index is 1.13. The summed E-state index contributed by atoms with van der Waals surface area (Å²) in [5.41, 5.74) is 2.05. The van der Waals surface area contributed by atoms with E-state index in [1.165, 1.54) is 0 Å². The number of ketones is 1. The molecule has 0 spiro atoms. The maximum Gasteiger partial charge on any atom is 0.410 e. The molecule has 3 aromatic rings. The van der Waals surface area contributed by atoms with Gasteiger partial charge < -0.3 is 29.3 Å². The first-order valence-corrected chi connectivity index (χ1v) is 16.1. The van der Waals surface area contributed by atoms with Crippen LogP contribution in [0.15, 0.2) is 72.8 Å². The topological polar surface area (TPSA) is 97.4 Å². The molecule has 0 radical (unpaired) electrons. The number of nitrogens with one attached hydrogen (secondary N) is 1. The van der Waals surface area contributed by atoms with Gasteiger partial charge in [-0.05, 0) is 107 Å². The number of nitrogens with zero attached hydrogens (tertiary/aromatic N) is 2. The highest BCUT2D eigenvalue weighted by Crippen LogP contribution is 2.17. The van der Waals surface area contributed by atoms with Crippen LogP contribution in [0.4, 0.5) is 4.79 Å². The van der Waals surface area contributed by atoms with Crippen molar-refractivity contribution < 1.29 is 28.6 Å². The van der Waals surface area contributed by atoms with Crippen molar-refractivity contribution in [2.75, 3.05) is 45.9 Å². The lowest BCUT2D eigenvalue weighted by molar-refractivity contribution is 0.0257. The number of unbranched alkanes of at least 4 members (excludes halogenated alkanes) is 1. The van der Waals surface area contributed by atoms with E-state index in [-0.39, 0.29) is 24.4 Å². The summed E-state index contributed by atoms with van der Waals surface area (Å²) in [6.45, 7) is 10.9. The van der Waals surface area contributed by atoms with Crippen molar-refractivity contribution in [3.8, 4) is 23.8 Å². The van der Waals surface area contributed by atoms with Gasteiger partial charge in [-0.15, -0.1) is 6.42 Å². The van der Waals surface area contributed by atoms with Crippen molar-refractivity contribution in [3.05, 3.63) is 95.1 Å². The lowest BCUT2D eigenvalue weighted by atomic mass is 10.0. The van der Waals surface area contributed by atoms with Crippen LogP contribution in [-0.4, -0.2) is 79.1 Å². The molecule has 0 saturated carbocycles. The highest BCUT2D eigenvalue weighted by molar-refractivity contribution is 6.09. The summed E-state index contributed by atoms with van der Waals surface area (Å²) in [7, 11) is 0. The molecule has 0 unspecified atom stereocenters. The third-order valence-electron chi connectivity index (χ3n) is 7.60. The van der Waals surface area contributed by atoms with Crippen LogP contribution in [0.5, 0.6) is 11.5 Å². The molecule has 0 aromatic heterocycles. The summed E-state index contributed by atoms with van der Waals surface area (Å²) >= 11 is 0. The van der Waals surface area contributed by atoms with Crippen molar-refractivity contribution in [2.24, 2.45) is 0 Å². The van der Waals surface area contributed by atoms with Crippen LogP contribution in [0.1, 0.15) is 71.9 Å². The number of rotatable bonds is 13. The highest BCUT2D eigenvalue weighted by atomic mass is 16.6. The number of carbonyl (C=O) groups excluding carboxylic acids is 3. The molecule has 1 heterocycles. The van der Waals surface area contributed by atoms with Crippen LogP contribution in [-0.2, 0) is 11.3 Å². The fourth-order valence-corrected chi connectivity index (χ4v) is 5.09. The van der Waals surface area contributed by atoms with Gasteiger partial charge in [-0.2, -0.15) is 0 Å². The zero-order valence-electron chi connectivity index (χ0n) is 27.6. The molecule has 4 rings (SSSR count). The van der Waals surface area contributed by atoms with Crippen LogP contribution in [0.25, 0.3) is 0 Å². The minimum atomic E-state index is -0.482. The van der Waals surface area contributed by atoms with E-state index in [2.05, 4.69) is 16.1 Å². The fourth-order valence-electron chi connectivity index (χ4n) is 5.09. The van der Waals surface area contributed by atoms with E-state index in [1.54, 1.807) is 48.5 Å². The molecule has 1 fully saturated rings. The molecule has 9 nitrogen and oxygen atoms in total. The monoisotopic (exact) mass is 639 g/mol. The van der Waals surface area contributed by atoms with Crippen LogP contribution in [0.3, 0.4) is 0 Å². The largest absolute Gasteiger partial charge is 0.494 e. The Hall–Kier alpha value is -4.81. The standard InChI is InChI=1S/C38H45N3O6/c1-5-26-45-33-17-13-31(14-18-33)35(42)30-11-9-29(10-12-30)28-39-36(43)32-15-19-34(20-16-32)46-27-7-6-21-40-22-8-23-41(25-24-40)37(44)47-38(2,3)4/h1,9-20H,6-8,21-28H2,2-4H3,(H,39,43). The van der Waals surface area contributed by atoms with E-state index < -0.39 is 5.60 Å². The number of carbonyl (C=O) groups is 3. The van der Waals surface area contributed by atoms with E-state index in [9.17, 15) is 14.4 Å². The molecular formula is C38H45N3O6. The van der Waals surface area contributed by atoms with Gasteiger partial charge in [0.15, 0.2) is 5.78 Å². The van der Waals surface area contributed by atoms with E-state index in [0.29, 0.717) is 42.1 Å². The maximum atomic E-state index is 12.8. The molecular weight excluding hydrogens is 594 g/mol. The number of benzene rings is 3. The number of amides is 2.